The zero-order valence-electron chi connectivity index (χ0n) is 15.1. The molecule has 3 aromatic rings. The Hall–Kier alpha value is -2.31. The van der Waals surface area contributed by atoms with E-state index in [0.717, 1.165) is 24.5 Å². The van der Waals surface area contributed by atoms with Crippen LogP contribution in [0.4, 0.5) is 0 Å². The summed E-state index contributed by atoms with van der Waals surface area (Å²) in [5.74, 6) is 4.93. The van der Waals surface area contributed by atoms with Gasteiger partial charge < -0.3 is 9.90 Å². The molecule has 0 aliphatic rings. The Kier molecular flexibility index (Phi) is 10.8. The lowest BCUT2D eigenvalue weighted by Gasteiger charge is -2.01. The molecule has 138 valence electrons. The molecule has 1 heterocycles. The fourth-order valence-corrected chi connectivity index (χ4v) is 3.13. The van der Waals surface area contributed by atoms with Crippen LogP contribution in [-0.2, 0) is 22.7 Å². The zero-order valence-corrected chi connectivity index (χ0v) is 15.9. The molecule has 0 bridgehead atoms. The highest BCUT2D eigenvalue weighted by atomic mass is 32.1. The molecule has 1 aromatic heterocycles. The summed E-state index contributed by atoms with van der Waals surface area (Å²) in [6, 6.07) is 20.3. The van der Waals surface area contributed by atoms with Crippen molar-refractivity contribution in [1.82, 2.24) is 0 Å². The van der Waals surface area contributed by atoms with Crippen LogP contribution in [0.15, 0.2) is 66.0 Å². The molecule has 2 aromatic carbocycles. The summed E-state index contributed by atoms with van der Waals surface area (Å²) in [5, 5.41) is 9.04. The van der Waals surface area contributed by atoms with Gasteiger partial charge in [-0.15, -0.1) is 11.3 Å². The molecule has 0 saturated heterocycles. The van der Waals surface area contributed by atoms with Crippen LogP contribution in [-0.4, -0.2) is 18.5 Å². The van der Waals surface area contributed by atoms with Crippen LogP contribution in [0.1, 0.15) is 16.7 Å². The molecule has 3 rings (SSSR count). The standard InChI is InChI=1S/C12H10OS.C8H11NO.CH4O/c13-7-6-10-8-12(14-9-10)11-4-2-1-3-5-11;1-7-4-2-3-5-8(7)6-10-9;1-2/h1-5,7-9H,6H2;2-5H,6,9H2,1H3;2H,1H3. The van der Waals surface area contributed by atoms with Gasteiger partial charge in [0.1, 0.15) is 6.29 Å². The number of aryl methyl sites for hydroxylation is 1. The quantitative estimate of drug-likeness (QED) is 0.522. The van der Waals surface area contributed by atoms with Crippen LogP contribution in [0.3, 0.4) is 0 Å². The lowest BCUT2D eigenvalue weighted by molar-refractivity contribution is -0.107. The Morgan fingerprint density at radius 3 is 2.35 bits per heavy atom. The van der Waals surface area contributed by atoms with Gasteiger partial charge >= 0.3 is 0 Å². The van der Waals surface area contributed by atoms with E-state index in [1.807, 2.05) is 54.8 Å². The number of rotatable bonds is 5. The minimum absolute atomic E-state index is 0.493. The van der Waals surface area contributed by atoms with E-state index in [1.54, 1.807) is 11.3 Å². The maximum Gasteiger partial charge on any atom is 0.124 e. The van der Waals surface area contributed by atoms with Crippen molar-refractivity contribution in [2.75, 3.05) is 7.11 Å². The van der Waals surface area contributed by atoms with E-state index >= 15 is 0 Å². The summed E-state index contributed by atoms with van der Waals surface area (Å²) in [6.07, 6.45) is 1.46. The Bertz CT molecular complexity index is 757. The summed E-state index contributed by atoms with van der Waals surface area (Å²) in [6.45, 7) is 2.53. The molecule has 0 unspecified atom stereocenters. The van der Waals surface area contributed by atoms with E-state index in [2.05, 4.69) is 23.0 Å². The average Bonchev–Trinajstić information content (AvgIpc) is 3.16. The Labute approximate surface area is 158 Å². The molecule has 0 amide bonds. The minimum atomic E-state index is 0.493. The molecule has 0 atom stereocenters. The number of carbonyl (C=O) groups excluding carboxylic acids is 1. The molecule has 0 radical (unpaired) electrons. The van der Waals surface area contributed by atoms with Crippen LogP contribution in [0.5, 0.6) is 0 Å². The highest BCUT2D eigenvalue weighted by molar-refractivity contribution is 7.13. The fraction of sp³-hybridized carbons (Fsp3) is 0.190. The number of carbonyl (C=O) groups is 1. The number of aliphatic hydroxyl groups excluding tert-OH is 1. The second kappa shape index (κ2) is 13.0. The Morgan fingerprint density at radius 1 is 1.08 bits per heavy atom. The molecule has 5 heteroatoms. The first-order valence-corrected chi connectivity index (χ1v) is 9.00. The molecular weight excluding hydrogens is 346 g/mol. The number of hydrogen-bond acceptors (Lipinski definition) is 5. The van der Waals surface area contributed by atoms with Crippen LogP contribution < -0.4 is 5.90 Å². The molecule has 0 saturated carbocycles. The zero-order chi connectivity index (χ0) is 19.2. The smallest absolute Gasteiger partial charge is 0.124 e. The Balaban J connectivity index is 0.000000249. The lowest BCUT2D eigenvalue weighted by Crippen LogP contribution is -1.99. The molecule has 4 nitrogen and oxygen atoms in total. The molecule has 0 spiro atoms. The molecule has 3 N–H and O–H groups in total. The Morgan fingerprint density at radius 2 is 1.73 bits per heavy atom. The summed E-state index contributed by atoms with van der Waals surface area (Å²) in [7, 11) is 1.00. The van der Waals surface area contributed by atoms with Crippen molar-refractivity contribution >= 4 is 17.6 Å². The summed E-state index contributed by atoms with van der Waals surface area (Å²) in [5.41, 5.74) is 4.68. The van der Waals surface area contributed by atoms with Crippen molar-refractivity contribution in [3.8, 4) is 10.4 Å². The van der Waals surface area contributed by atoms with Crippen molar-refractivity contribution in [1.29, 1.82) is 0 Å². The van der Waals surface area contributed by atoms with Crippen molar-refractivity contribution in [3.05, 3.63) is 82.7 Å². The second-order valence-electron chi connectivity index (χ2n) is 5.29. The highest BCUT2D eigenvalue weighted by Crippen LogP contribution is 2.26. The van der Waals surface area contributed by atoms with E-state index in [0.29, 0.717) is 13.0 Å². The van der Waals surface area contributed by atoms with Gasteiger partial charge in [0.05, 0.1) is 6.61 Å². The SMILES string of the molecule is CO.Cc1ccccc1CON.O=CCc1csc(-c2ccccc2)c1. The number of aliphatic hydroxyl groups is 1. The predicted octanol–water partition coefficient (Wildman–Crippen LogP) is 4.15. The number of benzene rings is 2. The molecule has 0 aliphatic carbocycles. The maximum absolute atomic E-state index is 10.3. The average molecular weight is 372 g/mol. The van der Waals surface area contributed by atoms with Crippen LogP contribution in [0.25, 0.3) is 10.4 Å². The van der Waals surface area contributed by atoms with Gasteiger partial charge in [-0.1, -0.05) is 54.6 Å². The van der Waals surface area contributed by atoms with Gasteiger partial charge in [0.2, 0.25) is 0 Å². The number of thiophene rings is 1. The van der Waals surface area contributed by atoms with E-state index in [1.165, 1.54) is 16.0 Å². The maximum atomic E-state index is 10.3. The molecule has 26 heavy (non-hydrogen) atoms. The number of nitrogens with two attached hydrogens (primary N) is 1. The number of aldehydes is 1. The van der Waals surface area contributed by atoms with Gasteiger partial charge in [0.25, 0.3) is 0 Å². The van der Waals surface area contributed by atoms with Crippen molar-refractivity contribution in [2.24, 2.45) is 5.90 Å². The molecule has 0 fully saturated rings. The third-order valence-corrected chi connectivity index (χ3v) is 4.56. The monoisotopic (exact) mass is 371 g/mol. The van der Waals surface area contributed by atoms with E-state index < -0.39 is 0 Å². The normalized spacial score (nSPS) is 9.38. The van der Waals surface area contributed by atoms with Crippen molar-refractivity contribution < 1.29 is 14.7 Å². The lowest BCUT2D eigenvalue weighted by atomic mass is 10.1. The third kappa shape index (κ3) is 7.29. The van der Waals surface area contributed by atoms with Crippen LogP contribution >= 0.6 is 11.3 Å². The van der Waals surface area contributed by atoms with Crippen molar-refractivity contribution in [2.45, 2.75) is 20.0 Å². The summed E-state index contributed by atoms with van der Waals surface area (Å²) >= 11 is 1.68. The molecular formula is C21H25NO3S. The minimum Gasteiger partial charge on any atom is -0.400 e. The first-order valence-electron chi connectivity index (χ1n) is 8.12. The second-order valence-corrected chi connectivity index (χ2v) is 6.20. The number of hydrogen-bond donors (Lipinski definition) is 2. The van der Waals surface area contributed by atoms with Crippen LogP contribution in [0.2, 0.25) is 0 Å². The fourth-order valence-electron chi connectivity index (χ4n) is 2.19. The van der Waals surface area contributed by atoms with Gasteiger partial charge in [0, 0.05) is 18.4 Å². The van der Waals surface area contributed by atoms with Gasteiger partial charge in [-0.3, -0.25) is 4.84 Å². The van der Waals surface area contributed by atoms with Gasteiger partial charge in [-0.25, -0.2) is 5.90 Å². The highest BCUT2D eigenvalue weighted by Gasteiger charge is 2.01. The molecule has 0 aliphatic heterocycles. The largest absolute Gasteiger partial charge is 0.400 e. The third-order valence-electron chi connectivity index (χ3n) is 3.53. The van der Waals surface area contributed by atoms with Crippen molar-refractivity contribution in [3.63, 3.8) is 0 Å². The van der Waals surface area contributed by atoms with E-state index in [9.17, 15) is 4.79 Å². The van der Waals surface area contributed by atoms with Gasteiger partial charge in [0.15, 0.2) is 0 Å². The van der Waals surface area contributed by atoms with E-state index in [4.69, 9.17) is 11.0 Å². The summed E-state index contributed by atoms with van der Waals surface area (Å²) < 4.78 is 0. The van der Waals surface area contributed by atoms with E-state index in [-0.39, 0.29) is 0 Å². The first-order chi connectivity index (χ1) is 12.7. The van der Waals surface area contributed by atoms with Gasteiger partial charge in [-0.2, -0.15) is 0 Å². The summed E-state index contributed by atoms with van der Waals surface area (Å²) in [4.78, 5) is 16.1. The van der Waals surface area contributed by atoms with Gasteiger partial charge in [-0.05, 0) is 40.6 Å². The first kappa shape index (κ1) is 21.7. The topological polar surface area (TPSA) is 72.6 Å². The van der Waals surface area contributed by atoms with Crippen LogP contribution in [0, 0.1) is 6.92 Å². The predicted molar refractivity (Wildman–Crippen MR) is 108 cm³/mol.